The molecular formula is C23H35N3O5S. The van der Waals surface area contributed by atoms with Crippen molar-refractivity contribution in [3.05, 3.63) is 28.8 Å². The van der Waals surface area contributed by atoms with E-state index < -0.39 is 10.0 Å². The number of amides is 1. The second kappa shape index (κ2) is 10.3. The number of piperazine rings is 1. The molecule has 0 aliphatic carbocycles. The number of nitrogens with zero attached hydrogens (tertiary/aromatic N) is 3. The Morgan fingerprint density at radius 1 is 1.03 bits per heavy atom. The normalized spacial score (nSPS) is 20.9. The highest BCUT2D eigenvalue weighted by Gasteiger charge is 2.33. The van der Waals surface area contributed by atoms with E-state index in [0.29, 0.717) is 50.8 Å². The van der Waals surface area contributed by atoms with Crippen LogP contribution < -0.4 is 0 Å². The Bertz CT molecular complexity index is 931. The molecule has 1 unspecified atom stereocenters. The van der Waals surface area contributed by atoms with E-state index in [9.17, 15) is 18.0 Å². The summed E-state index contributed by atoms with van der Waals surface area (Å²) in [5, 5.41) is 0. The summed E-state index contributed by atoms with van der Waals surface area (Å²) in [6.45, 7) is 10.8. The van der Waals surface area contributed by atoms with Crippen LogP contribution in [0.15, 0.2) is 17.0 Å². The monoisotopic (exact) mass is 465 g/mol. The lowest BCUT2D eigenvalue weighted by atomic mass is 9.98. The maximum atomic E-state index is 13.3. The van der Waals surface area contributed by atoms with Crippen LogP contribution in [0.3, 0.4) is 0 Å². The van der Waals surface area contributed by atoms with Gasteiger partial charge in [0.05, 0.1) is 24.0 Å². The minimum Gasteiger partial charge on any atom is -0.466 e. The van der Waals surface area contributed by atoms with Crippen LogP contribution in [0.5, 0.6) is 0 Å². The molecule has 0 N–H and O–H groups in total. The summed E-state index contributed by atoms with van der Waals surface area (Å²) >= 11 is 0. The van der Waals surface area contributed by atoms with Crippen molar-refractivity contribution in [2.45, 2.75) is 45.4 Å². The molecule has 2 heterocycles. The standard InChI is InChI=1S/C23H35N3O5S/c1-5-31-23(28)20-7-6-8-25(15-20)21(27)16-24-9-11-26(12-10-24)32(29,30)22-18(3)13-17(2)14-19(22)4/h13-14,20H,5-12,15-16H2,1-4H3. The average molecular weight is 466 g/mol. The summed E-state index contributed by atoms with van der Waals surface area (Å²) in [7, 11) is -3.57. The van der Waals surface area contributed by atoms with E-state index in [-0.39, 0.29) is 24.3 Å². The minimum atomic E-state index is -3.57. The highest BCUT2D eigenvalue weighted by molar-refractivity contribution is 7.89. The third-order valence-electron chi connectivity index (χ3n) is 6.29. The van der Waals surface area contributed by atoms with Crippen molar-refractivity contribution >= 4 is 21.9 Å². The average Bonchev–Trinajstić information content (AvgIpc) is 2.73. The molecule has 0 aromatic heterocycles. The fraction of sp³-hybridized carbons (Fsp3) is 0.652. The molecule has 1 aromatic rings. The quantitative estimate of drug-likeness (QED) is 0.595. The van der Waals surface area contributed by atoms with Crippen molar-refractivity contribution in [1.82, 2.24) is 14.1 Å². The van der Waals surface area contributed by atoms with Crippen molar-refractivity contribution < 1.29 is 22.7 Å². The molecule has 1 atom stereocenters. The highest BCUT2D eigenvalue weighted by atomic mass is 32.2. The summed E-state index contributed by atoms with van der Waals surface area (Å²) in [5.41, 5.74) is 2.58. The van der Waals surface area contributed by atoms with E-state index in [1.807, 2.05) is 37.8 Å². The van der Waals surface area contributed by atoms with E-state index in [0.717, 1.165) is 29.5 Å². The molecular weight excluding hydrogens is 430 g/mol. The third-order valence-corrected chi connectivity index (χ3v) is 8.49. The second-order valence-corrected chi connectivity index (χ2v) is 10.7. The zero-order valence-corrected chi connectivity index (χ0v) is 20.4. The second-order valence-electron chi connectivity index (χ2n) is 8.84. The maximum Gasteiger partial charge on any atom is 0.310 e. The Balaban J connectivity index is 1.57. The first kappa shape index (κ1) is 24.7. The van der Waals surface area contributed by atoms with Gasteiger partial charge < -0.3 is 9.64 Å². The minimum absolute atomic E-state index is 0.0134. The smallest absolute Gasteiger partial charge is 0.310 e. The SMILES string of the molecule is CCOC(=O)C1CCCN(C(=O)CN2CCN(S(=O)(=O)c3c(C)cc(C)cc3C)CC2)C1. The number of aryl methyl sites for hydroxylation is 3. The van der Waals surface area contributed by atoms with Gasteiger partial charge in [-0.25, -0.2) is 8.42 Å². The molecule has 2 fully saturated rings. The number of esters is 1. The molecule has 0 saturated carbocycles. The van der Waals surface area contributed by atoms with Crippen LogP contribution in [0.25, 0.3) is 0 Å². The predicted octanol–water partition coefficient (Wildman–Crippen LogP) is 1.72. The molecule has 178 valence electrons. The molecule has 2 aliphatic rings. The lowest BCUT2D eigenvalue weighted by molar-refractivity contribution is -0.151. The van der Waals surface area contributed by atoms with Gasteiger partial charge in [-0.2, -0.15) is 4.31 Å². The molecule has 3 rings (SSSR count). The van der Waals surface area contributed by atoms with Crippen LogP contribution in [0.4, 0.5) is 0 Å². The van der Waals surface area contributed by atoms with E-state index in [1.54, 1.807) is 11.8 Å². The van der Waals surface area contributed by atoms with Crippen molar-refractivity contribution in [2.24, 2.45) is 5.92 Å². The van der Waals surface area contributed by atoms with Gasteiger partial charge in [0, 0.05) is 39.3 Å². The molecule has 0 bridgehead atoms. The van der Waals surface area contributed by atoms with E-state index in [1.165, 1.54) is 4.31 Å². The van der Waals surface area contributed by atoms with Gasteiger partial charge in [0.2, 0.25) is 15.9 Å². The van der Waals surface area contributed by atoms with Crippen LogP contribution in [0.2, 0.25) is 0 Å². The molecule has 8 nitrogen and oxygen atoms in total. The van der Waals surface area contributed by atoms with Crippen molar-refractivity contribution in [3.63, 3.8) is 0 Å². The van der Waals surface area contributed by atoms with Crippen LogP contribution in [-0.4, -0.2) is 86.8 Å². The van der Waals surface area contributed by atoms with Gasteiger partial charge in [-0.15, -0.1) is 0 Å². The zero-order chi connectivity index (χ0) is 23.5. The molecule has 0 radical (unpaired) electrons. The molecule has 32 heavy (non-hydrogen) atoms. The summed E-state index contributed by atoms with van der Waals surface area (Å²) < 4.78 is 33.2. The number of carbonyl (C=O) groups excluding carboxylic acids is 2. The Morgan fingerprint density at radius 3 is 2.25 bits per heavy atom. The van der Waals surface area contributed by atoms with Crippen LogP contribution in [-0.2, 0) is 24.3 Å². The maximum absolute atomic E-state index is 13.3. The molecule has 2 aliphatic heterocycles. The van der Waals surface area contributed by atoms with Crippen LogP contribution >= 0.6 is 0 Å². The largest absolute Gasteiger partial charge is 0.466 e. The van der Waals surface area contributed by atoms with Gasteiger partial charge >= 0.3 is 5.97 Å². The van der Waals surface area contributed by atoms with Crippen LogP contribution in [0, 0.1) is 26.7 Å². The van der Waals surface area contributed by atoms with E-state index in [2.05, 4.69) is 0 Å². The summed E-state index contributed by atoms with van der Waals surface area (Å²) in [5.74, 6) is -0.498. The van der Waals surface area contributed by atoms with Gasteiger partial charge in [0.25, 0.3) is 0 Å². The molecule has 1 amide bonds. The number of rotatable bonds is 6. The first-order chi connectivity index (χ1) is 15.1. The van der Waals surface area contributed by atoms with Gasteiger partial charge in [0.15, 0.2) is 0 Å². The topological polar surface area (TPSA) is 87.2 Å². The van der Waals surface area contributed by atoms with Crippen molar-refractivity contribution in [1.29, 1.82) is 0 Å². The molecule has 2 saturated heterocycles. The lowest BCUT2D eigenvalue weighted by Gasteiger charge is -2.36. The number of likely N-dealkylation sites (tertiary alicyclic amines) is 1. The number of carbonyl (C=O) groups is 2. The fourth-order valence-corrected chi connectivity index (χ4v) is 6.61. The third kappa shape index (κ3) is 5.50. The van der Waals surface area contributed by atoms with E-state index >= 15 is 0 Å². The predicted molar refractivity (Wildman–Crippen MR) is 122 cm³/mol. The number of hydrogen-bond acceptors (Lipinski definition) is 6. The number of ether oxygens (including phenoxy) is 1. The summed E-state index contributed by atoms with van der Waals surface area (Å²) in [4.78, 5) is 29.0. The molecule has 9 heteroatoms. The number of piperidine rings is 1. The first-order valence-electron chi connectivity index (χ1n) is 11.4. The lowest BCUT2D eigenvalue weighted by Crippen LogP contribution is -2.52. The number of sulfonamides is 1. The number of hydrogen-bond donors (Lipinski definition) is 0. The number of benzene rings is 1. The van der Waals surface area contributed by atoms with Gasteiger partial charge in [-0.05, 0) is 51.7 Å². The van der Waals surface area contributed by atoms with Gasteiger partial charge in [0.1, 0.15) is 0 Å². The molecule has 0 spiro atoms. The van der Waals surface area contributed by atoms with Gasteiger partial charge in [-0.3, -0.25) is 14.5 Å². The summed E-state index contributed by atoms with van der Waals surface area (Å²) in [6, 6.07) is 3.80. The zero-order valence-electron chi connectivity index (χ0n) is 19.6. The Hall–Kier alpha value is -1.97. The fourth-order valence-electron chi connectivity index (χ4n) is 4.78. The Labute approximate surface area is 191 Å². The van der Waals surface area contributed by atoms with Gasteiger partial charge in [-0.1, -0.05) is 17.7 Å². The van der Waals surface area contributed by atoms with Crippen LogP contribution in [0.1, 0.15) is 36.5 Å². The highest BCUT2D eigenvalue weighted by Crippen LogP contribution is 2.26. The van der Waals surface area contributed by atoms with Crippen molar-refractivity contribution in [3.8, 4) is 0 Å². The summed E-state index contributed by atoms with van der Waals surface area (Å²) in [6.07, 6.45) is 1.54. The van der Waals surface area contributed by atoms with E-state index in [4.69, 9.17) is 4.74 Å². The first-order valence-corrected chi connectivity index (χ1v) is 12.8. The van der Waals surface area contributed by atoms with Crippen molar-refractivity contribution in [2.75, 3.05) is 52.4 Å². The molecule has 1 aromatic carbocycles. The Morgan fingerprint density at radius 2 is 1.66 bits per heavy atom. The Kier molecular flexibility index (Phi) is 7.95.